The molecule has 0 spiro atoms. The number of nitrogens with one attached hydrogen (secondary N) is 1. The molecule has 1 aliphatic heterocycles. The topological polar surface area (TPSA) is 15.3 Å². The summed E-state index contributed by atoms with van der Waals surface area (Å²) >= 11 is 0. The Kier molecular flexibility index (Phi) is 5.77. The standard InChI is InChI=1S/C14H30N2/c1-5-11-14(4,6-2)16-12-9-8-10-13(16)15-7-3/h13,15H,5-12H2,1-4H3. The second kappa shape index (κ2) is 6.61. The van der Waals surface area contributed by atoms with E-state index in [1.54, 1.807) is 0 Å². The minimum absolute atomic E-state index is 0.405. The lowest BCUT2D eigenvalue weighted by atomic mass is 9.88. The van der Waals surface area contributed by atoms with Crippen molar-refractivity contribution in [3.63, 3.8) is 0 Å². The SMILES string of the molecule is CCCC(C)(CC)N1CCCCC1NCC. The molecule has 16 heavy (non-hydrogen) atoms. The van der Waals surface area contributed by atoms with E-state index in [1.807, 2.05) is 0 Å². The van der Waals surface area contributed by atoms with E-state index in [2.05, 4.69) is 37.9 Å². The summed E-state index contributed by atoms with van der Waals surface area (Å²) in [6.45, 7) is 11.7. The van der Waals surface area contributed by atoms with Gasteiger partial charge in [0.1, 0.15) is 0 Å². The number of hydrogen-bond acceptors (Lipinski definition) is 2. The number of piperidine rings is 1. The maximum absolute atomic E-state index is 3.66. The Morgan fingerprint density at radius 2 is 2.00 bits per heavy atom. The molecule has 1 N–H and O–H groups in total. The summed E-state index contributed by atoms with van der Waals surface area (Å²) < 4.78 is 0. The molecule has 0 aromatic heterocycles. The zero-order valence-corrected chi connectivity index (χ0v) is 11.7. The summed E-state index contributed by atoms with van der Waals surface area (Å²) in [5.41, 5.74) is 0.405. The van der Waals surface area contributed by atoms with Gasteiger partial charge in [0.25, 0.3) is 0 Å². The maximum Gasteiger partial charge on any atom is 0.0601 e. The summed E-state index contributed by atoms with van der Waals surface area (Å²) in [6, 6.07) is 0. The predicted octanol–water partition coefficient (Wildman–Crippen LogP) is 3.38. The molecule has 1 saturated heterocycles. The smallest absolute Gasteiger partial charge is 0.0601 e. The van der Waals surface area contributed by atoms with E-state index in [0.29, 0.717) is 11.7 Å². The van der Waals surface area contributed by atoms with Crippen molar-refractivity contribution in [2.75, 3.05) is 13.1 Å². The molecule has 96 valence electrons. The third-order valence-electron chi connectivity index (χ3n) is 4.19. The van der Waals surface area contributed by atoms with Crippen molar-refractivity contribution in [3.05, 3.63) is 0 Å². The third-order valence-corrected chi connectivity index (χ3v) is 4.19. The highest BCUT2D eigenvalue weighted by atomic mass is 15.3. The predicted molar refractivity (Wildman–Crippen MR) is 71.6 cm³/mol. The number of rotatable bonds is 6. The Morgan fingerprint density at radius 1 is 1.25 bits per heavy atom. The van der Waals surface area contributed by atoms with E-state index in [4.69, 9.17) is 0 Å². The van der Waals surface area contributed by atoms with E-state index in [9.17, 15) is 0 Å². The molecule has 0 radical (unpaired) electrons. The average molecular weight is 226 g/mol. The monoisotopic (exact) mass is 226 g/mol. The fourth-order valence-corrected chi connectivity index (χ4v) is 3.09. The number of likely N-dealkylation sites (tertiary alicyclic amines) is 1. The first-order valence-corrected chi connectivity index (χ1v) is 7.18. The summed E-state index contributed by atoms with van der Waals surface area (Å²) in [5.74, 6) is 0. The summed E-state index contributed by atoms with van der Waals surface area (Å²) in [6.07, 6.45) is 8.60. The Balaban J connectivity index is 2.70. The molecule has 2 unspecified atom stereocenters. The molecule has 0 aliphatic carbocycles. The van der Waals surface area contributed by atoms with E-state index in [1.165, 1.54) is 45.1 Å². The largest absolute Gasteiger partial charge is 0.302 e. The van der Waals surface area contributed by atoms with E-state index >= 15 is 0 Å². The van der Waals surface area contributed by atoms with Gasteiger partial charge < -0.3 is 5.32 Å². The Labute approximate surface area is 102 Å². The highest BCUT2D eigenvalue weighted by Gasteiger charge is 2.35. The molecule has 1 fully saturated rings. The van der Waals surface area contributed by atoms with Gasteiger partial charge in [-0.25, -0.2) is 0 Å². The second-order valence-electron chi connectivity index (χ2n) is 5.36. The highest BCUT2D eigenvalue weighted by Crippen LogP contribution is 2.30. The Morgan fingerprint density at radius 3 is 2.56 bits per heavy atom. The molecule has 2 nitrogen and oxygen atoms in total. The Bertz CT molecular complexity index is 191. The molecule has 2 atom stereocenters. The fourth-order valence-electron chi connectivity index (χ4n) is 3.09. The zero-order valence-electron chi connectivity index (χ0n) is 11.7. The normalized spacial score (nSPS) is 26.6. The quantitative estimate of drug-likeness (QED) is 0.747. The first kappa shape index (κ1) is 14.0. The van der Waals surface area contributed by atoms with Gasteiger partial charge in [-0.3, -0.25) is 4.90 Å². The lowest BCUT2D eigenvalue weighted by Gasteiger charge is -2.48. The van der Waals surface area contributed by atoms with Gasteiger partial charge in [0, 0.05) is 12.1 Å². The molecule has 0 saturated carbocycles. The van der Waals surface area contributed by atoms with Crippen LogP contribution in [0.15, 0.2) is 0 Å². The van der Waals surface area contributed by atoms with Crippen LogP contribution in [0.4, 0.5) is 0 Å². The minimum atomic E-state index is 0.405. The lowest BCUT2D eigenvalue weighted by Crippen LogP contribution is -2.58. The van der Waals surface area contributed by atoms with Crippen molar-refractivity contribution in [3.8, 4) is 0 Å². The summed E-state index contributed by atoms with van der Waals surface area (Å²) in [7, 11) is 0. The summed E-state index contributed by atoms with van der Waals surface area (Å²) in [5, 5.41) is 3.66. The molecular weight excluding hydrogens is 196 g/mol. The first-order chi connectivity index (χ1) is 7.68. The van der Waals surface area contributed by atoms with Crippen molar-refractivity contribution in [2.45, 2.75) is 77.9 Å². The van der Waals surface area contributed by atoms with Gasteiger partial charge in [-0.05, 0) is 45.6 Å². The molecule has 0 aromatic carbocycles. The van der Waals surface area contributed by atoms with Crippen LogP contribution in [0.2, 0.25) is 0 Å². The highest BCUT2D eigenvalue weighted by molar-refractivity contribution is 4.90. The zero-order chi connectivity index (χ0) is 12.0. The van der Waals surface area contributed by atoms with Gasteiger partial charge >= 0.3 is 0 Å². The summed E-state index contributed by atoms with van der Waals surface area (Å²) in [4.78, 5) is 2.74. The average Bonchev–Trinajstić information content (AvgIpc) is 2.30. The van der Waals surface area contributed by atoms with Gasteiger partial charge in [-0.1, -0.05) is 27.2 Å². The van der Waals surface area contributed by atoms with Crippen molar-refractivity contribution < 1.29 is 0 Å². The van der Waals surface area contributed by atoms with Crippen LogP contribution < -0.4 is 5.32 Å². The van der Waals surface area contributed by atoms with Gasteiger partial charge in [-0.2, -0.15) is 0 Å². The van der Waals surface area contributed by atoms with Gasteiger partial charge in [0.15, 0.2) is 0 Å². The fraction of sp³-hybridized carbons (Fsp3) is 1.00. The van der Waals surface area contributed by atoms with Gasteiger partial charge in [-0.15, -0.1) is 0 Å². The second-order valence-corrected chi connectivity index (χ2v) is 5.36. The van der Waals surface area contributed by atoms with Crippen LogP contribution in [0.25, 0.3) is 0 Å². The third kappa shape index (κ3) is 3.21. The molecule has 2 heteroatoms. The van der Waals surface area contributed by atoms with Crippen LogP contribution in [0.1, 0.15) is 66.2 Å². The van der Waals surface area contributed by atoms with Crippen LogP contribution in [0, 0.1) is 0 Å². The lowest BCUT2D eigenvalue weighted by molar-refractivity contribution is 0.00485. The number of nitrogens with zero attached hydrogens (tertiary/aromatic N) is 1. The van der Waals surface area contributed by atoms with E-state index in [-0.39, 0.29) is 0 Å². The molecule has 1 rings (SSSR count). The van der Waals surface area contributed by atoms with Crippen LogP contribution >= 0.6 is 0 Å². The molecule has 0 amide bonds. The molecule has 1 aliphatic rings. The van der Waals surface area contributed by atoms with Crippen LogP contribution in [0.3, 0.4) is 0 Å². The molecular formula is C14H30N2. The van der Waals surface area contributed by atoms with Crippen LogP contribution in [0.5, 0.6) is 0 Å². The Hall–Kier alpha value is -0.0800. The molecule has 0 bridgehead atoms. The van der Waals surface area contributed by atoms with Gasteiger partial charge in [0.05, 0.1) is 6.17 Å². The maximum atomic E-state index is 3.66. The van der Waals surface area contributed by atoms with E-state index < -0.39 is 0 Å². The van der Waals surface area contributed by atoms with Crippen molar-refractivity contribution >= 4 is 0 Å². The van der Waals surface area contributed by atoms with E-state index in [0.717, 1.165) is 6.54 Å². The van der Waals surface area contributed by atoms with Crippen LogP contribution in [-0.2, 0) is 0 Å². The van der Waals surface area contributed by atoms with Crippen molar-refractivity contribution in [1.82, 2.24) is 10.2 Å². The number of hydrogen-bond donors (Lipinski definition) is 1. The van der Waals surface area contributed by atoms with Crippen molar-refractivity contribution in [2.24, 2.45) is 0 Å². The van der Waals surface area contributed by atoms with Crippen molar-refractivity contribution in [1.29, 1.82) is 0 Å². The van der Waals surface area contributed by atoms with Gasteiger partial charge in [0.2, 0.25) is 0 Å². The first-order valence-electron chi connectivity index (χ1n) is 7.18. The molecule has 0 aromatic rings. The minimum Gasteiger partial charge on any atom is -0.302 e. The van der Waals surface area contributed by atoms with Crippen LogP contribution in [-0.4, -0.2) is 29.7 Å². The molecule has 1 heterocycles.